The van der Waals surface area contributed by atoms with Crippen LogP contribution in [0.5, 0.6) is 0 Å². The van der Waals surface area contributed by atoms with Crippen molar-refractivity contribution in [3.8, 4) is 0 Å². The number of aromatic nitrogens is 1. The van der Waals surface area contributed by atoms with E-state index in [2.05, 4.69) is 10.3 Å². The molecular weight excluding hydrogens is 290 g/mol. The molecule has 1 aliphatic carbocycles. The van der Waals surface area contributed by atoms with Crippen LogP contribution in [-0.2, 0) is 11.4 Å². The lowest BCUT2D eigenvalue weighted by molar-refractivity contribution is -0.117. The molecule has 0 saturated heterocycles. The summed E-state index contributed by atoms with van der Waals surface area (Å²) in [5.41, 5.74) is 1.21. The fourth-order valence-corrected chi connectivity index (χ4v) is 2.53. The summed E-state index contributed by atoms with van der Waals surface area (Å²) < 4.78 is 26.9. The molecule has 1 amide bonds. The van der Waals surface area contributed by atoms with Crippen molar-refractivity contribution in [2.75, 3.05) is 5.32 Å². The van der Waals surface area contributed by atoms with E-state index in [1.54, 1.807) is 6.07 Å². The minimum atomic E-state index is -0.516. The van der Waals surface area contributed by atoms with Crippen molar-refractivity contribution in [3.63, 3.8) is 0 Å². The van der Waals surface area contributed by atoms with Crippen molar-refractivity contribution >= 4 is 11.6 Å². The Bertz CT molecular complexity index is 721. The summed E-state index contributed by atoms with van der Waals surface area (Å²) in [7, 11) is 0. The van der Waals surface area contributed by atoms with Crippen molar-refractivity contribution in [3.05, 3.63) is 59.4 Å². The van der Waals surface area contributed by atoms with E-state index >= 15 is 0 Å². The Morgan fingerprint density at radius 3 is 2.95 bits per heavy atom. The van der Waals surface area contributed by atoms with Gasteiger partial charge in [0.25, 0.3) is 0 Å². The highest BCUT2D eigenvalue weighted by atomic mass is 19.1. The number of benzene rings is 1. The molecule has 1 aromatic carbocycles. The van der Waals surface area contributed by atoms with Crippen LogP contribution in [0.2, 0.25) is 0 Å². The number of anilines is 1. The number of aliphatic hydroxyl groups is 1. The summed E-state index contributed by atoms with van der Waals surface area (Å²) in [6.07, 6.45) is 3.44. The molecule has 1 aromatic heterocycles. The molecule has 114 valence electrons. The van der Waals surface area contributed by atoms with Crippen molar-refractivity contribution in [2.45, 2.75) is 18.9 Å². The predicted octanol–water partition coefficient (Wildman–Crippen LogP) is 2.59. The molecule has 22 heavy (non-hydrogen) atoms. The highest BCUT2D eigenvalue weighted by molar-refractivity contribution is 5.95. The first-order chi connectivity index (χ1) is 10.6. The highest BCUT2D eigenvalue weighted by Gasteiger charge is 2.45. The number of aliphatic hydroxyl groups excluding tert-OH is 1. The van der Waals surface area contributed by atoms with Crippen LogP contribution in [0, 0.1) is 17.6 Å². The van der Waals surface area contributed by atoms with Crippen LogP contribution in [0.25, 0.3) is 0 Å². The number of rotatable bonds is 4. The number of amides is 1. The van der Waals surface area contributed by atoms with E-state index in [-0.39, 0.29) is 24.0 Å². The fourth-order valence-electron chi connectivity index (χ4n) is 2.53. The molecule has 1 saturated carbocycles. The molecule has 2 aromatic rings. The molecule has 2 N–H and O–H groups in total. The maximum absolute atomic E-state index is 13.7. The van der Waals surface area contributed by atoms with Crippen LogP contribution in [0.4, 0.5) is 14.5 Å². The third kappa shape index (κ3) is 2.82. The van der Waals surface area contributed by atoms with E-state index in [0.29, 0.717) is 17.7 Å². The molecule has 1 aliphatic rings. The van der Waals surface area contributed by atoms with Gasteiger partial charge < -0.3 is 10.4 Å². The summed E-state index contributed by atoms with van der Waals surface area (Å²) in [4.78, 5) is 16.1. The molecule has 6 heteroatoms. The van der Waals surface area contributed by atoms with Gasteiger partial charge >= 0.3 is 0 Å². The van der Waals surface area contributed by atoms with Gasteiger partial charge in [-0.05, 0) is 42.2 Å². The minimum absolute atomic E-state index is 0.218. The van der Waals surface area contributed by atoms with Gasteiger partial charge in [-0.25, -0.2) is 8.78 Å². The zero-order chi connectivity index (χ0) is 15.7. The summed E-state index contributed by atoms with van der Waals surface area (Å²) in [5.74, 6) is -2.01. The van der Waals surface area contributed by atoms with Crippen LogP contribution >= 0.6 is 0 Å². The third-order valence-corrected chi connectivity index (χ3v) is 3.82. The molecule has 0 aliphatic heterocycles. The Morgan fingerprint density at radius 2 is 2.18 bits per heavy atom. The normalized spacial score (nSPS) is 19.8. The van der Waals surface area contributed by atoms with Crippen molar-refractivity contribution in [1.82, 2.24) is 4.98 Å². The smallest absolute Gasteiger partial charge is 0.228 e. The van der Waals surface area contributed by atoms with Crippen LogP contribution in [0.15, 0.2) is 36.7 Å². The standard InChI is InChI=1S/C16H14F2N2O2/c17-10-1-2-14(18)12(5-10)11-6-13(11)16(22)20-15-7-19-4-3-9(15)8-21/h1-5,7,11,13,21H,6,8H2,(H,20,22). The van der Waals surface area contributed by atoms with E-state index in [1.165, 1.54) is 12.4 Å². The molecule has 1 fully saturated rings. The maximum atomic E-state index is 13.7. The van der Waals surface area contributed by atoms with Gasteiger partial charge in [0, 0.05) is 17.7 Å². The Morgan fingerprint density at radius 1 is 1.36 bits per heavy atom. The second-order valence-corrected chi connectivity index (χ2v) is 5.29. The zero-order valence-corrected chi connectivity index (χ0v) is 11.6. The fraction of sp³-hybridized carbons (Fsp3) is 0.250. The van der Waals surface area contributed by atoms with Gasteiger partial charge in [-0.2, -0.15) is 0 Å². The van der Waals surface area contributed by atoms with Gasteiger partial charge in [0.1, 0.15) is 11.6 Å². The summed E-state index contributed by atoms with van der Waals surface area (Å²) in [6, 6.07) is 4.87. The SMILES string of the molecule is O=C(Nc1cnccc1CO)C1CC1c1cc(F)ccc1F. The Balaban J connectivity index is 1.72. The third-order valence-electron chi connectivity index (χ3n) is 3.82. The molecule has 3 rings (SSSR count). The van der Waals surface area contributed by atoms with E-state index in [4.69, 9.17) is 0 Å². The second-order valence-electron chi connectivity index (χ2n) is 5.29. The van der Waals surface area contributed by atoms with Gasteiger partial charge in [0.05, 0.1) is 18.5 Å². The maximum Gasteiger partial charge on any atom is 0.228 e. The number of nitrogens with one attached hydrogen (secondary N) is 1. The average Bonchev–Trinajstić information content (AvgIpc) is 3.31. The number of hydrogen-bond donors (Lipinski definition) is 2. The lowest BCUT2D eigenvalue weighted by Crippen LogP contribution is -2.16. The number of pyridine rings is 1. The Kier molecular flexibility index (Phi) is 3.85. The second kappa shape index (κ2) is 5.81. The van der Waals surface area contributed by atoms with Crippen LogP contribution < -0.4 is 5.32 Å². The van der Waals surface area contributed by atoms with Gasteiger partial charge in [-0.15, -0.1) is 0 Å². The van der Waals surface area contributed by atoms with Crippen LogP contribution in [0.1, 0.15) is 23.5 Å². The van der Waals surface area contributed by atoms with Crippen LogP contribution in [-0.4, -0.2) is 16.0 Å². The molecule has 0 bridgehead atoms. The number of hydrogen-bond acceptors (Lipinski definition) is 3. The van der Waals surface area contributed by atoms with E-state index < -0.39 is 17.6 Å². The quantitative estimate of drug-likeness (QED) is 0.912. The van der Waals surface area contributed by atoms with Gasteiger partial charge in [0.2, 0.25) is 5.91 Å². The lowest BCUT2D eigenvalue weighted by atomic mass is 10.1. The molecule has 1 heterocycles. The Labute approximate surface area is 125 Å². The Hall–Kier alpha value is -2.34. The minimum Gasteiger partial charge on any atom is -0.392 e. The molecular formula is C16H14F2N2O2. The molecule has 4 nitrogen and oxygen atoms in total. The van der Waals surface area contributed by atoms with Gasteiger partial charge in [0.15, 0.2) is 0 Å². The van der Waals surface area contributed by atoms with Crippen LogP contribution in [0.3, 0.4) is 0 Å². The largest absolute Gasteiger partial charge is 0.392 e. The summed E-state index contributed by atoms with van der Waals surface area (Å²) in [5, 5.41) is 11.9. The van der Waals surface area contributed by atoms with Crippen molar-refractivity contribution in [2.24, 2.45) is 5.92 Å². The molecule has 2 unspecified atom stereocenters. The molecule has 2 atom stereocenters. The van der Waals surface area contributed by atoms with E-state index in [9.17, 15) is 18.7 Å². The highest BCUT2D eigenvalue weighted by Crippen LogP contribution is 2.49. The number of carbonyl (C=O) groups is 1. The average molecular weight is 304 g/mol. The first-order valence-electron chi connectivity index (χ1n) is 6.89. The zero-order valence-electron chi connectivity index (χ0n) is 11.6. The monoisotopic (exact) mass is 304 g/mol. The van der Waals surface area contributed by atoms with Gasteiger partial charge in [-0.1, -0.05) is 0 Å². The van der Waals surface area contributed by atoms with Crippen molar-refractivity contribution < 1.29 is 18.7 Å². The number of carbonyl (C=O) groups excluding carboxylic acids is 1. The first-order valence-corrected chi connectivity index (χ1v) is 6.89. The summed E-state index contributed by atoms with van der Waals surface area (Å²) in [6.45, 7) is -0.218. The topological polar surface area (TPSA) is 62.2 Å². The van der Waals surface area contributed by atoms with Crippen molar-refractivity contribution in [1.29, 1.82) is 0 Å². The lowest BCUT2D eigenvalue weighted by Gasteiger charge is -2.08. The van der Waals surface area contributed by atoms with Gasteiger partial charge in [-0.3, -0.25) is 9.78 Å². The number of halogens is 2. The molecule has 0 spiro atoms. The predicted molar refractivity (Wildman–Crippen MR) is 76.0 cm³/mol. The van der Waals surface area contributed by atoms with E-state index in [1.807, 2.05) is 0 Å². The summed E-state index contributed by atoms with van der Waals surface area (Å²) >= 11 is 0. The van der Waals surface area contributed by atoms with E-state index in [0.717, 1.165) is 18.2 Å². The first kappa shape index (κ1) is 14.6. The molecule has 0 radical (unpaired) electrons. The number of nitrogens with zero attached hydrogens (tertiary/aromatic N) is 1.